The fourth-order valence-electron chi connectivity index (χ4n) is 3.09. The Bertz CT molecular complexity index is 295. The van der Waals surface area contributed by atoms with E-state index in [4.69, 9.17) is 0 Å². The fraction of sp³-hybridized carbons (Fsp3) is 0.929. The van der Waals surface area contributed by atoms with Gasteiger partial charge in [0.05, 0.1) is 0 Å². The second-order valence-electron chi connectivity index (χ2n) is 5.45. The molecular weight excluding hydrogens is 383 g/mol. The van der Waals surface area contributed by atoms with E-state index in [-0.39, 0.29) is 24.0 Å². The Labute approximate surface area is 145 Å². The molecule has 0 amide bonds. The first kappa shape index (κ1) is 18.4. The highest BCUT2D eigenvalue weighted by Gasteiger charge is 2.30. The van der Waals surface area contributed by atoms with Crippen LogP contribution in [0.4, 0.5) is 0 Å². The second kappa shape index (κ2) is 10.1. The topological polar surface area (TPSA) is 30.9 Å². The van der Waals surface area contributed by atoms with Gasteiger partial charge in [0, 0.05) is 32.7 Å². The van der Waals surface area contributed by atoms with Crippen LogP contribution in [0.2, 0.25) is 0 Å². The van der Waals surface area contributed by atoms with E-state index in [1.54, 1.807) is 0 Å². The summed E-state index contributed by atoms with van der Waals surface area (Å²) in [6.07, 6.45) is 7.45. The number of thioether (sulfide) groups is 1. The van der Waals surface area contributed by atoms with Gasteiger partial charge in [0.1, 0.15) is 0 Å². The molecule has 2 aliphatic rings. The molecule has 2 aliphatic heterocycles. The molecule has 2 fully saturated rings. The van der Waals surface area contributed by atoms with Crippen molar-refractivity contribution in [1.82, 2.24) is 15.1 Å². The number of hydrogen-bond donors (Lipinski definition) is 1. The van der Waals surface area contributed by atoms with Crippen LogP contribution in [0.3, 0.4) is 0 Å². The molecule has 6 heteroatoms. The number of rotatable bonds is 5. The molecule has 1 N–H and O–H groups in total. The van der Waals surface area contributed by atoms with E-state index in [0.717, 1.165) is 31.6 Å². The third kappa shape index (κ3) is 5.26. The largest absolute Gasteiger partial charge is 0.356 e. The number of hydrogen-bond acceptors (Lipinski definition) is 3. The summed E-state index contributed by atoms with van der Waals surface area (Å²) in [5.74, 6) is 2.32. The first-order valence-electron chi connectivity index (χ1n) is 7.53. The van der Waals surface area contributed by atoms with Crippen molar-refractivity contribution in [3.8, 4) is 0 Å². The van der Waals surface area contributed by atoms with Gasteiger partial charge in [0.2, 0.25) is 0 Å². The Morgan fingerprint density at radius 2 is 2.05 bits per heavy atom. The quantitative estimate of drug-likeness (QED) is 0.324. The standard InChI is InChI=1S/C14H28N4S.HI/c1-15-14(16-7-5-11-19-2)18-10-6-13(12-18)17-8-3-4-9-17;/h13H,3-12H2,1-2H3,(H,15,16);1H. The number of aliphatic imine (C=N–C) groups is 1. The van der Waals surface area contributed by atoms with E-state index in [2.05, 4.69) is 26.4 Å². The molecule has 4 nitrogen and oxygen atoms in total. The lowest BCUT2D eigenvalue weighted by molar-refractivity contribution is 0.249. The van der Waals surface area contributed by atoms with E-state index in [1.807, 2.05) is 18.8 Å². The van der Waals surface area contributed by atoms with Crippen LogP contribution >= 0.6 is 35.7 Å². The van der Waals surface area contributed by atoms with Crippen LogP contribution < -0.4 is 5.32 Å². The van der Waals surface area contributed by atoms with Crippen molar-refractivity contribution < 1.29 is 0 Å². The highest BCUT2D eigenvalue weighted by Crippen LogP contribution is 2.20. The molecule has 0 aromatic rings. The van der Waals surface area contributed by atoms with Crippen LogP contribution in [0, 0.1) is 0 Å². The Morgan fingerprint density at radius 3 is 2.70 bits per heavy atom. The molecule has 0 radical (unpaired) electrons. The van der Waals surface area contributed by atoms with Crippen LogP contribution in [0.15, 0.2) is 4.99 Å². The van der Waals surface area contributed by atoms with Gasteiger partial charge in [0.15, 0.2) is 5.96 Å². The van der Waals surface area contributed by atoms with Crippen molar-refractivity contribution in [1.29, 1.82) is 0 Å². The van der Waals surface area contributed by atoms with Crippen molar-refractivity contribution in [2.45, 2.75) is 31.7 Å². The Balaban J connectivity index is 0.00000200. The highest BCUT2D eigenvalue weighted by molar-refractivity contribution is 14.0. The van der Waals surface area contributed by atoms with Gasteiger partial charge in [-0.15, -0.1) is 24.0 Å². The maximum Gasteiger partial charge on any atom is 0.193 e. The highest BCUT2D eigenvalue weighted by atomic mass is 127. The Morgan fingerprint density at radius 1 is 1.30 bits per heavy atom. The molecule has 2 saturated heterocycles. The lowest BCUT2D eigenvalue weighted by Gasteiger charge is -2.25. The van der Waals surface area contributed by atoms with E-state index in [1.165, 1.54) is 44.5 Å². The third-order valence-electron chi connectivity index (χ3n) is 4.14. The van der Waals surface area contributed by atoms with Crippen molar-refractivity contribution in [2.75, 3.05) is 51.8 Å². The Kier molecular flexibility index (Phi) is 9.28. The van der Waals surface area contributed by atoms with Gasteiger partial charge >= 0.3 is 0 Å². The molecule has 0 aromatic heterocycles. The van der Waals surface area contributed by atoms with Gasteiger partial charge in [-0.2, -0.15) is 11.8 Å². The number of halogens is 1. The zero-order valence-electron chi connectivity index (χ0n) is 12.8. The first-order chi connectivity index (χ1) is 9.35. The van der Waals surface area contributed by atoms with Crippen LogP contribution in [-0.4, -0.2) is 73.6 Å². The maximum atomic E-state index is 4.43. The molecule has 1 unspecified atom stereocenters. The van der Waals surface area contributed by atoms with E-state index >= 15 is 0 Å². The summed E-state index contributed by atoms with van der Waals surface area (Å²) in [5.41, 5.74) is 0. The lowest BCUT2D eigenvalue weighted by atomic mass is 10.2. The summed E-state index contributed by atoms with van der Waals surface area (Å²) in [4.78, 5) is 9.54. The molecule has 0 spiro atoms. The molecular formula is C14H29IN4S. The minimum atomic E-state index is 0. The molecule has 2 heterocycles. The summed E-state index contributed by atoms with van der Waals surface area (Å²) < 4.78 is 0. The zero-order chi connectivity index (χ0) is 13.5. The maximum absolute atomic E-state index is 4.43. The fourth-order valence-corrected chi connectivity index (χ4v) is 3.52. The van der Waals surface area contributed by atoms with Crippen LogP contribution in [0.25, 0.3) is 0 Å². The van der Waals surface area contributed by atoms with E-state index in [0.29, 0.717) is 0 Å². The number of likely N-dealkylation sites (tertiary alicyclic amines) is 2. The SMILES string of the molecule is CN=C(NCCCSC)N1CCC(N2CCCC2)C1.I. The summed E-state index contributed by atoms with van der Waals surface area (Å²) in [5, 5.41) is 3.50. The molecule has 0 aliphatic carbocycles. The average molecular weight is 412 g/mol. The number of nitrogens with one attached hydrogen (secondary N) is 1. The molecule has 0 aromatic carbocycles. The molecule has 1 atom stereocenters. The molecule has 20 heavy (non-hydrogen) atoms. The van der Waals surface area contributed by atoms with E-state index in [9.17, 15) is 0 Å². The molecule has 0 saturated carbocycles. The van der Waals surface area contributed by atoms with Gasteiger partial charge in [-0.1, -0.05) is 0 Å². The Hall–Kier alpha value is 0.310. The smallest absolute Gasteiger partial charge is 0.193 e. The van der Waals surface area contributed by atoms with Gasteiger partial charge in [-0.05, 0) is 50.8 Å². The van der Waals surface area contributed by atoms with Gasteiger partial charge < -0.3 is 10.2 Å². The zero-order valence-corrected chi connectivity index (χ0v) is 16.0. The first-order valence-corrected chi connectivity index (χ1v) is 8.93. The summed E-state index contributed by atoms with van der Waals surface area (Å²) in [7, 11) is 1.90. The van der Waals surface area contributed by atoms with Crippen LogP contribution in [0.5, 0.6) is 0 Å². The third-order valence-corrected chi connectivity index (χ3v) is 4.84. The minimum Gasteiger partial charge on any atom is -0.356 e. The van der Waals surface area contributed by atoms with Crippen LogP contribution in [-0.2, 0) is 0 Å². The second-order valence-corrected chi connectivity index (χ2v) is 6.44. The molecule has 118 valence electrons. The number of nitrogens with zero attached hydrogens (tertiary/aromatic N) is 3. The number of guanidine groups is 1. The predicted octanol–water partition coefficient (Wildman–Crippen LogP) is 2.10. The van der Waals surface area contributed by atoms with Crippen LogP contribution in [0.1, 0.15) is 25.7 Å². The van der Waals surface area contributed by atoms with Gasteiger partial charge in [-0.3, -0.25) is 9.89 Å². The van der Waals surface area contributed by atoms with Gasteiger partial charge in [0.25, 0.3) is 0 Å². The molecule has 2 rings (SSSR count). The summed E-state index contributed by atoms with van der Waals surface area (Å²) in [6, 6.07) is 0.757. The van der Waals surface area contributed by atoms with Gasteiger partial charge in [-0.25, -0.2) is 0 Å². The average Bonchev–Trinajstić information content (AvgIpc) is 3.09. The van der Waals surface area contributed by atoms with Crippen molar-refractivity contribution in [2.24, 2.45) is 4.99 Å². The van der Waals surface area contributed by atoms with Crippen molar-refractivity contribution in [3.05, 3.63) is 0 Å². The summed E-state index contributed by atoms with van der Waals surface area (Å²) in [6.45, 7) is 5.96. The summed E-state index contributed by atoms with van der Waals surface area (Å²) >= 11 is 1.91. The van der Waals surface area contributed by atoms with Crippen molar-refractivity contribution in [3.63, 3.8) is 0 Å². The normalized spacial score (nSPS) is 24.0. The van der Waals surface area contributed by atoms with E-state index < -0.39 is 0 Å². The molecule has 0 bridgehead atoms. The lowest BCUT2D eigenvalue weighted by Crippen LogP contribution is -2.43. The predicted molar refractivity (Wildman–Crippen MR) is 101 cm³/mol. The monoisotopic (exact) mass is 412 g/mol. The van der Waals surface area contributed by atoms with Crippen molar-refractivity contribution >= 4 is 41.7 Å². The minimum absolute atomic E-state index is 0.